The molecule has 0 aromatic heterocycles. The number of carbonyl (C=O) groups excluding carboxylic acids is 1. The average molecular weight is 326 g/mol. The van der Waals surface area contributed by atoms with Crippen LogP contribution in [0.2, 0.25) is 0 Å². The largest absolute Gasteiger partial charge is 0.462 e. The quantitative estimate of drug-likeness (QED) is 0.417. The molecule has 4 nitrogen and oxygen atoms in total. The van der Waals surface area contributed by atoms with Crippen molar-refractivity contribution in [2.24, 2.45) is 0 Å². The van der Waals surface area contributed by atoms with E-state index < -0.39 is 0 Å². The van der Waals surface area contributed by atoms with Gasteiger partial charge in [0.15, 0.2) is 0 Å². The van der Waals surface area contributed by atoms with E-state index in [1.165, 1.54) is 12.8 Å². The van der Waals surface area contributed by atoms with Gasteiger partial charge in [-0.15, -0.1) is 0 Å². The Hall–Kier alpha value is -0.610. The first-order chi connectivity index (χ1) is 11.3. The highest BCUT2D eigenvalue weighted by molar-refractivity contribution is 5.69. The second-order valence-corrected chi connectivity index (χ2v) is 6.99. The normalized spacial score (nSPS) is 24.4. The summed E-state index contributed by atoms with van der Waals surface area (Å²) < 4.78 is 17.2. The van der Waals surface area contributed by atoms with Gasteiger partial charge in [0.25, 0.3) is 0 Å². The molecule has 23 heavy (non-hydrogen) atoms. The molecule has 0 aromatic carbocycles. The van der Waals surface area contributed by atoms with Crippen LogP contribution in [0.4, 0.5) is 0 Å². The molecule has 0 spiro atoms. The molecule has 0 N–H and O–H groups in total. The van der Waals surface area contributed by atoms with E-state index in [0.717, 1.165) is 71.0 Å². The van der Waals surface area contributed by atoms with Crippen molar-refractivity contribution < 1.29 is 19.0 Å². The van der Waals surface area contributed by atoms with Gasteiger partial charge in [-0.2, -0.15) is 0 Å². The van der Waals surface area contributed by atoms with Crippen molar-refractivity contribution in [2.45, 2.75) is 102 Å². The zero-order valence-corrected chi connectivity index (χ0v) is 14.8. The third-order valence-electron chi connectivity index (χ3n) is 4.95. The van der Waals surface area contributed by atoms with Gasteiger partial charge in [0.05, 0.1) is 12.2 Å². The molecule has 4 heteroatoms. The molecular formula is C19H34O4. The van der Waals surface area contributed by atoms with Gasteiger partial charge in [-0.25, -0.2) is 0 Å². The molecule has 0 aromatic rings. The van der Waals surface area contributed by atoms with E-state index in [2.05, 4.69) is 6.92 Å². The van der Waals surface area contributed by atoms with Crippen molar-refractivity contribution in [1.29, 1.82) is 0 Å². The summed E-state index contributed by atoms with van der Waals surface area (Å²) in [6, 6.07) is 0. The first kappa shape index (κ1) is 18.7. The minimum atomic E-state index is -0.0249. The number of hydrogen-bond acceptors (Lipinski definition) is 4. The van der Waals surface area contributed by atoms with E-state index in [-0.39, 0.29) is 12.1 Å². The van der Waals surface area contributed by atoms with Crippen molar-refractivity contribution in [1.82, 2.24) is 0 Å². The van der Waals surface area contributed by atoms with Crippen LogP contribution >= 0.6 is 0 Å². The maximum absolute atomic E-state index is 12.0. The molecule has 0 radical (unpaired) electrons. The van der Waals surface area contributed by atoms with E-state index >= 15 is 0 Å². The molecule has 0 saturated carbocycles. The Morgan fingerprint density at radius 1 is 1.04 bits per heavy atom. The second-order valence-electron chi connectivity index (χ2n) is 6.99. The predicted octanol–water partition coefficient (Wildman–Crippen LogP) is 4.40. The van der Waals surface area contributed by atoms with Crippen LogP contribution in [0, 0.1) is 0 Å². The number of unbranched alkanes of at least 4 members (excludes halogenated alkanes) is 2. The Kier molecular flexibility index (Phi) is 8.98. The number of ether oxygens (including phenoxy) is 3. The Labute approximate surface area is 141 Å². The van der Waals surface area contributed by atoms with E-state index in [1.807, 2.05) is 0 Å². The van der Waals surface area contributed by atoms with E-state index in [9.17, 15) is 4.79 Å². The van der Waals surface area contributed by atoms with Gasteiger partial charge in [0.2, 0.25) is 0 Å². The smallest absolute Gasteiger partial charge is 0.306 e. The lowest BCUT2D eigenvalue weighted by Crippen LogP contribution is -2.22. The summed E-state index contributed by atoms with van der Waals surface area (Å²) in [4.78, 5) is 12.0. The molecule has 0 aliphatic carbocycles. The van der Waals surface area contributed by atoms with Gasteiger partial charge in [-0.05, 0) is 57.8 Å². The third-order valence-corrected chi connectivity index (χ3v) is 4.95. The first-order valence-electron chi connectivity index (χ1n) is 9.70. The van der Waals surface area contributed by atoms with Gasteiger partial charge in [-0.1, -0.05) is 19.8 Å². The summed E-state index contributed by atoms with van der Waals surface area (Å²) >= 11 is 0. The zero-order valence-electron chi connectivity index (χ0n) is 14.8. The predicted molar refractivity (Wildman–Crippen MR) is 90.4 cm³/mol. The molecule has 134 valence electrons. The summed E-state index contributed by atoms with van der Waals surface area (Å²) in [5.74, 6) is -0.0249. The molecular weight excluding hydrogens is 292 g/mol. The van der Waals surface area contributed by atoms with Crippen LogP contribution in [-0.4, -0.2) is 37.5 Å². The highest BCUT2D eigenvalue weighted by atomic mass is 16.5. The molecule has 0 amide bonds. The summed E-state index contributed by atoms with van der Waals surface area (Å²) in [6.07, 6.45) is 13.1. The Bertz CT molecular complexity index is 299. The lowest BCUT2D eigenvalue weighted by molar-refractivity contribution is -0.150. The molecule has 0 bridgehead atoms. The standard InChI is InChI=1S/C19H34O4/c1-2-3-4-9-19(20)23-18(12-10-16-7-5-14-21-16)13-11-17-8-6-15-22-17/h16-18H,2-15H2,1H3/t16-,17-/m0/s1. The summed E-state index contributed by atoms with van der Waals surface area (Å²) in [6.45, 7) is 3.93. The zero-order chi connectivity index (χ0) is 16.3. The van der Waals surface area contributed by atoms with E-state index in [0.29, 0.717) is 18.6 Å². The Balaban J connectivity index is 1.70. The minimum absolute atomic E-state index is 0.0249. The fourth-order valence-corrected chi connectivity index (χ4v) is 3.51. The van der Waals surface area contributed by atoms with Gasteiger partial charge in [0.1, 0.15) is 6.10 Å². The Morgan fingerprint density at radius 2 is 1.65 bits per heavy atom. The van der Waals surface area contributed by atoms with Crippen LogP contribution in [0.15, 0.2) is 0 Å². The Morgan fingerprint density at radius 3 is 2.13 bits per heavy atom. The molecule has 2 aliphatic rings. The molecule has 2 aliphatic heterocycles. The van der Waals surface area contributed by atoms with Crippen molar-refractivity contribution in [3.05, 3.63) is 0 Å². The molecule has 2 heterocycles. The van der Waals surface area contributed by atoms with Crippen molar-refractivity contribution >= 4 is 5.97 Å². The molecule has 2 saturated heterocycles. The maximum atomic E-state index is 12.0. The topological polar surface area (TPSA) is 44.8 Å². The molecule has 0 unspecified atom stereocenters. The van der Waals surface area contributed by atoms with Gasteiger partial charge < -0.3 is 14.2 Å². The number of hydrogen-bond donors (Lipinski definition) is 0. The SMILES string of the molecule is CCCCCC(=O)OC(CC[C@@H]1CCCO1)CC[C@@H]1CCCO1. The monoisotopic (exact) mass is 326 g/mol. The van der Waals surface area contributed by atoms with Crippen LogP contribution < -0.4 is 0 Å². The van der Waals surface area contributed by atoms with Crippen molar-refractivity contribution in [3.63, 3.8) is 0 Å². The second kappa shape index (κ2) is 11.0. The fraction of sp³-hybridized carbons (Fsp3) is 0.947. The van der Waals surface area contributed by atoms with E-state index in [1.54, 1.807) is 0 Å². The third kappa shape index (κ3) is 7.67. The van der Waals surface area contributed by atoms with Gasteiger partial charge in [-0.3, -0.25) is 4.79 Å². The van der Waals surface area contributed by atoms with Crippen LogP contribution in [0.3, 0.4) is 0 Å². The lowest BCUT2D eigenvalue weighted by atomic mass is 10.0. The van der Waals surface area contributed by atoms with Crippen LogP contribution in [-0.2, 0) is 19.0 Å². The van der Waals surface area contributed by atoms with E-state index in [4.69, 9.17) is 14.2 Å². The minimum Gasteiger partial charge on any atom is -0.462 e. The molecule has 2 rings (SSSR count). The summed E-state index contributed by atoms with van der Waals surface area (Å²) in [7, 11) is 0. The highest BCUT2D eigenvalue weighted by Gasteiger charge is 2.23. The van der Waals surface area contributed by atoms with Gasteiger partial charge in [0, 0.05) is 19.6 Å². The van der Waals surface area contributed by atoms with Crippen LogP contribution in [0.25, 0.3) is 0 Å². The number of esters is 1. The summed E-state index contributed by atoms with van der Waals surface area (Å²) in [5.41, 5.74) is 0. The van der Waals surface area contributed by atoms with Crippen LogP contribution in [0.5, 0.6) is 0 Å². The first-order valence-corrected chi connectivity index (χ1v) is 9.70. The van der Waals surface area contributed by atoms with Crippen molar-refractivity contribution in [3.8, 4) is 0 Å². The maximum Gasteiger partial charge on any atom is 0.306 e. The highest BCUT2D eigenvalue weighted by Crippen LogP contribution is 2.23. The summed E-state index contributed by atoms with van der Waals surface area (Å²) in [5, 5.41) is 0. The number of carbonyl (C=O) groups is 1. The average Bonchev–Trinajstić information content (AvgIpc) is 3.23. The number of rotatable bonds is 11. The van der Waals surface area contributed by atoms with Gasteiger partial charge >= 0.3 is 5.97 Å². The fourth-order valence-electron chi connectivity index (χ4n) is 3.51. The lowest BCUT2D eigenvalue weighted by Gasteiger charge is -2.21. The molecule has 2 atom stereocenters. The van der Waals surface area contributed by atoms with Crippen LogP contribution in [0.1, 0.15) is 84.0 Å². The van der Waals surface area contributed by atoms with Crippen molar-refractivity contribution in [2.75, 3.05) is 13.2 Å². The molecule has 2 fully saturated rings.